The van der Waals surface area contributed by atoms with E-state index in [0.29, 0.717) is 36.8 Å². The molecule has 1 fully saturated rings. The SMILES string of the molecule is C[C@@H](O)[C@H]1C(=O)N2CCCc3nc(NC4CC(Oc5cnc(C(F)(F)F)nc5)C4)nc(c32)N1C. The van der Waals surface area contributed by atoms with Crippen molar-refractivity contribution >= 4 is 23.4 Å². The summed E-state index contributed by atoms with van der Waals surface area (Å²) in [6, 6.07) is -0.693. The number of nitrogens with one attached hydrogen (secondary N) is 1. The first kappa shape index (κ1) is 22.6. The van der Waals surface area contributed by atoms with Crippen molar-refractivity contribution in [2.45, 2.75) is 63.1 Å². The number of carbonyl (C=O) groups excluding carboxylic acids is 1. The van der Waals surface area contributed by atoms with Gasteiger partial charge in [0, 0.05) is 32.5 Å². The molecule has 0 radical (unpaired) electrons. The van der Waals surface area contributed by atoms with Crippen molar-refractivity contribution < 1.29 is 27.8 Å². The standard InChI is InChI=1S/C21H24F3N7O3/c1-10(32)15-18(33)31-5-3-4-14-16(31)17(30(15)2)29-20(28-14)27-11-6-12(7-11)34-13-8-25-19(26-9-13)21(22,23)24/h8-12,15,32H,3-7H2,1-2H3,(H,27,28,29)/t10-,11?,12?,15+/m1/s1. The van der Waals surface area contributed by atoms with Gasteiger partial charge in [-0.1, -0.05) is 0 Å². The van der Waals surface area contributed by atoms with Crippen molar-refractivity contribution in [2.24, 2.45) is 0 Å². The monoisotopic (exact) mass is 479 g/mol. The first-order valence-corrected chi connectivity index (χ1v) is 11.1. The maximum Gasteiger partial charge on any atom is 0.451 e. The zero-order valence-corrected chi connectivity index (χ0v) is 18.6. The highest BCUT2D eigenvalue weighted by molar-refractivity contribution is 6.06. The summed E-state index contributed by atoms with van der Waals surface area (Å²) in [6.45, 7) is 2.16. The number of ether oxygens (including phenoxy) is 1. The summed E-state index contributed by atoms with van der Waals surface area (Å²) >= 11 is 0. The van der Waals surface area contributed by atoms with Crippen LogP contribution in [0.15, 0.2) is 12.4 Å². The molecular formula is C21H24F3N7O3. The van der Waals surface area contributed by atoms with Gasteiger partial charge < -0.3 is 25.0 Å². The number of nitrogens with zero attached hydrogens (tertiary/aromatic N) is 6. The summed E-state index contributed by atoms with van der Waals surface area (Å²) in [5.41, 5.74) is 1.50. The van der Waals surface area contributed by atoms with Crippen LogP contribution in [0.4, 0.5) is 30.6 Å². The van der Waals surface area contributed by atoms with Gasteiger partial charge in [0.15, 0.2) is 11.6 Å². The van der Waals surface area contributed by atoms with Crippen LogP contribution in [-0.4, -0.2) is 68.8 Å². The molecule has 0 saturated heterocycles. The third-order valence-corrected chi connectivity index (χ3v) is 6.34. The highest BCUT2D eigenvalue weighted by atomic mass is 19.4. The summed E-state index contributed by atoms with van der Waals surface area (Å²) in [5.74, 6) is -0.137. The van der Waals surface area contributed by atoms with Gasteiger partial charge in [-0.2, -0.15) is 18.2 Å². The van der Waals surface area contributed by atoms with E-state index in [4.69, 9.17) is 4.74 Å². The number of aryl methyl sites for hydroxylation is 1. The number of aliphatic hydroxyl groups is 1. The number of halogens is 3. The fourth-order valence-corrected chi connectivity index (χ4v) is 4.65. The molecule has 2 aromatic heterocycles. The molecule has 34 heavy (non-hydrogen) atoms. The lowest BCUT2D eigenvalue weighted by molar-refractivity contribution is -0.145. The summed E-state index contributed by atoms with van der Waals surface area (Å²) in [4.78, 5) is 32.2. The van der Waals surface area contributed by atoms with Gasteiger partial charge in [0.1, 0.15) is 17.8 Å². The number of hydrogen-bond acceptors (Lipinski definition) is 9. The Morgan fingerprint density at radius 3 is 2.59 bits per heavy atom. The van der Waals surface area contributed by atoms with Gasteiger partial charge in [-0.3, -0.25) is 4.79 Å². The number of anilines is 3. The van der Waals surface area contributed by atoms with Crippen molar-refractivity contribution in [2.75, 3.05) is 28.7 Å². The number of amides is 1. The molecule has 1 amide bonds. The predicted molar refractivity (Wildman–Crippen MR) is 115 cm³/mol. The average molecular weight is 479 g/mol. The molecular weight excluding hydrogens is 455 g/mol. The highest BCUT2D eigenvalue weighted by Crippen LogP contribution is 2.41. The molecule has 10 nitrogen and oxygen atoms in total. The van der Waals surface area contributed by atoms with E-state index in [1.165, 1.54) is 0 Å². The second-order valence-electron chi connectivity index (χ2n) is 8.85. The van der Waals surface area contributed by atoms with Crippen LogP contribution in [0.25, 0.3) is 0 Å². The van der Waals surface area contributed by atoms with Gasteiger partial charge in [0.2, 0.25) is 11.8 Å². The lowest BCUT2D eigenvalue weighted by Gasteiger charge is -2.43. The minimum Gasteiger partial charge on any atom is -0.487 e. The topological polar surface area (TPSA) is 117 Å². The second kappa shape index (κ2) is 8.22. The second-order valence-corrected chi connectivity index (χ2v) is 8.85. The fourth-order valence-electron chi connectivity index (χ4n) is 4.65. The number of carbonyl (C=O) groups is 1. The summed E-state index contributed by atoms with van der Waals surface area (Å²) in [6.07, 6.45) is -0.886. The Morgan fingerprint density at radius 2 is 1.94 bits per heavy atom. The molecule has 0 spiro atoms. The van der Waals surface area contributed by atoms with E-state index in [2.05, 4.69) is 25.3 Å². The molecule has 2 aliphatic heterocycles. The van der Waals surface area contributed by atoms with E-state index in [0.717, 1.165) is 30.9 Å². The Kier molecular flexibility index (Phi) is 5.46. The fraction of sp³-hybridized carbons (Fsp3) is 0.571. The molecule has 0 bridgehead atoms. The van der Waals surface area contributed by atoms with Gasteiger partial charge in [-0.05, 0) is 19.8 Å². The lowest BCUT2D eigenvalue weighted by atomic mass is 9.89. The number of aromatic nitrogens is 4. The molecule has 0 aromatic carbocycles. The highest BCUT2D eigenvalue weighted by Gasteiger charge is 2.43. The predicted octanol–water partition coefficient (Wildman–Crippen LogP) is 1.79. The van der Waals surface area contributed by atoms with E-state index in [-0.39, 0.29) is 23.8 Å². The quantitative estimate of drug-likeness (QED) is 0.662. The minimum absolute atomic E-state index is 0.0217. The molecule has 2 N–H and O–H groups in total. The zero-order chi connectivity index (χ0) is 24.2. The van der Waals surface area contributed by atoms with Crippen LogP contribution in [0.3, 0.4) is 0 Å². The maximum absolute atomic E-state index is 12.9. The van der Waals surface area contributed by atoms with Crippen LogP contribution in [0.5, 0.6) is 5.75 Å². The van der Waals surface area contributed by atoms with E-state index < -0.39 is 24.1 Å². The van der Waals surface area contributed by atoms with Crippen molar-refractivity contribution in [3.8, 4) is 5.75 Å². The number of aliphatic hydroxyl groups excluding tert-OH is 1. The normalized spacial score (nSPS) is 24.9. The molecule has 0 unspecified atom stereocenters. The molecule has 4 heterocycles. The first-order chi connectivity index (χ1) is 16.1. The van der Waals surface area contributed by atoms with Gasteiger partial charge in [-0.15, -0.1) is 0 Å². The number of alkyl halides is 3. The lowest BCUT2D eigenvalue weighted by Crippen LogP contribution is -2.58. The summed E-state index contributed by atoms with van der Waals surface area (Å²) < 4.78 is 43.4. The van der Waals surface area contributed by atoms with Gasteiger partial charge >= 0.3 is 6.18 Å². The molecule has 1 saturated carbocycles. The largest absolute Gasteiger partial charge is 0.487 e. The van der Waals surface area contributed by atoms with Crippen molar-refractivity contribution in [1.82, 2.24) is 19.9 Å². The van der Waals surface area contributed by atoms with Crippen molar-refractivity contribution in [3.63, 3.8) is 0 Å². The van der Waals surface area contributed by atoms with Crippen LogP contribution in [-0.2, 0) is 17.4 Å². The van der Waals surface area contributed by atoms with Crippen LogP contribution >= 0.6 is 0 Å². The van der Waals surface area contributed by atoms with Crippen molar-refractivity contribution in [1.29, 1.82) is 0 Å². The van der Waals surface area contributed by atoms with Gasteiger partial charge in [0.05, 0.1) is 24.2 Å². The number of hydrogen-bond donors (Lipinski definition) is 2. The molecule has 2 aromatic rings. The third-order valence-electron chi connectivity index (χ3n) is 6.34. The zero-order valence-electron chi connectivity index (χ0n) is 18.6. The van der Waals surface area contributed by atoms with Crippen LogP contribution in [0.2, 0.25) is 0 Å². The molecule has 182 valence electrons. The molecule has 1 aliphatic carbocycles. The molecule has 13 heteroatoms. The minimum atomic E-state index is -4.59. The van der Waals surface area contributed by atoms with E-state index in [9.17, 15) is 23.1 Å². The summed E-state index contributed by atoms with van der Waals surface area (Å²) in [5, 5.41) is 13.5. The van der Waals surface area contributed by atoms with E-state index >= 15 is 0 Å². The smallest absolute Gasteiger partial charge is 0.451 e. The maximum atomic E-state index is 12.9. The molecule has 3 aliphatic rings. The number of likely N-dealkylation sites (N-methyl/N-ethyl adjacent to an activating group) is 1. The molecule has 2 atom stereocenters. The summed E-state index contributed by atoms with van der Waals surface area (Å²) in [7, 11) is 1.74. The van der Waals surface area contributed by atoms with Crippen molar-refractivity contribution in [3.05, 3.63) is 23.9 Å². The van der Waals surface area contributed by atoms with E-state index in [1.54, 1.807) is 23.8 Å². The Morgan fingerprint density at radius 1 is 1.24 bits per heavy atom. The van der Waals surface area contributed by atoms with E-state index in [1.807, 2.05) is 0 Å². The third kappa shape index (κ3) is 3.97. The molecule has 5 rings (SSSR count). The van der Waals surface area contributed by atoms with Crippen LogP contribution < -0.4 is 19.9 Å². The van der Waals surface area contributed by atoms with Crippen LogP contribution in [0.1, 0.15) is 37.7 Å². The van der Waals surface area contributed by atoms with Crippen LogP contribution in [0, 0.1) is 0 Å². The Hall–Kier alpha value is -3.22. The van der Waals surface area contributed by atoms with Gasteiger partial charge in [0.25, 0.3) is 5.91 Å². The average Bonchev–Trinajstić information content (AvgIpc) is 2.75. The number of rotatable bonds is 5. The Balaban J connectivity index is 1.26. The Bertz CT molecular complexity index is 1090. The first-order valence-electron chi connectivity index (χ1n) is 11.1. The Labute approximate surface area is 193 Å². The van der Waals surface area contributed by atoms with Gasteiger partial charge in [-0.25, -0.2) is 15.0 Å².